The van der Waals surface area contributed by atoms with Gasteiger partial charge in [0.15, 0.2) is 0 Å². The summed E-state index contributed by atoms with van der Waals surface area (Å²) in [5.74, 6) is 0.684. The van der Waals surface area contributed by atoms with Gasteiger partial charge in [-0.25, -0.2) is 0 Å². The molecular weight excluding hydrogens is 241 g/mol. The summed E-state index contributed by atoms with van der Waals surface area (Å²) in [6.07, 6.45) is 6.66. The Labute approximate surface area is 88.1 Å². The predicted molar refractivity (Wildman–Crippen MR) is 57.5 cm³/mol. The number of nitrogen functional groups attached to an aromatic ring is 1. The summed E-state index contributed by atoms with van der Waals surface area (Å²) in [6.45, 7) is 0. The summed E-state index contributed by atoms with van der Waals surface area (Å²) in [4.78, 5) is 8.42. The molecule has 0 aliphatic heterocycles. The van der Waals surface area contributed by atoms with Crippen LogP contribution in [0.1, 0.15) is 22.8 Å². The molecule has 0 atom stereocenters. The second-order valence-electron chi connectivity index (χ2n) is 3.65. The predicted octanol–water partition coefficient (Wildman–Crippen LogP) is 1.15. The van der Waals surface area contributed by atoms with E-state index in [4.69, 9.17) is 5.73 Å². The van der Waals surface area contributed by atoms with E-state index in [-0.39, 0.29) is 0 Å². The zero-order valence-electron chi connectivity index (χ0n) is 7.79. The zero-order chi connectivity index (χ0) is 9.54. The van der Waals surface area contributed by atoms with Crippen LogP contribution in [0.2, 0.25) is 0 Å². The van der Waals surface area contributed by atoms with Crippen molar-refractivity contribution in [2.24, 2.45) is 0 Å². The number of aromatic nitrogens is 2. The number of nitrogens with two attached hydrogens (primary N) is 1. The number of aryl methyl sites for hydroxylation is 2. The van der Waals surface area contributed by atoms with Crippen LogP contribution < -0.4 is 5.73 Å². The van der Waals surface area contributed by atoms with Crippen LogP contribution >= 0.6 is 0 Å². The molecule has 0 unspecified atom stereocenters. The standard InChI is InChI=1S/C10H11N3Se/c11-9-8-6-3-1-2-4-7(6)14-10(8)13-5-12-9/h5H,1-4H2,(H2,11,12,13). The van der Waals surface area contributed by atoms with Crippen molar-refractivity contribution in [1.29, 1.82) is 0 Å². The first kappa shape index (κ1) is 8.45. The average molecular weight is 252 g/mol. The topological polar surface area (TPSA) is 51.8 Å². The average Bonchev–Trinajstić information content (AvgIpc) is 2.57. The SMILES string of the molecule is Nc1ncnc2[se]c3c(c12)CCCC3. The Morgan fingerprint density at radius 1 is 1.21 bits per heavy atom. The molecule has 0 saturated heterocycles. The Kier molecular flexibility index (Phi) is 1.85. The third-order valence-electron chi connectivity index (χ3n) is 2.78. The number of fused-ring (bicyclic) bond motifs is 3. The third kappa shape index (κ3) is 1.11. The minimum atomic E-state index is 0.433. The minimum absolute atomic E-state index is 0.433. The van der Waals surface area contributed by atoms with Gasteiger partial charge in [0.05, 0.1) is 0 Å². The second-order valence-corrected chi connectivity index (χ2v) is 5.92. The van der Waals surface area contributed by atoms with E-state index in [1.54, 1.807) is 10.8 Å². The Hall–Kier alpha value is -0.861. The molecule has 72 valence electrons. The molecular formula is C10H11N3Se. The zero-order valence-corrected chi connectivity index (χ0v) is 9.50. The van der Waals surface area contributed by atoms with Gasteiger partial charge in [0.1, 0.15) is 0 Å². The molecule has 1 aliphatic rings. The van der Waals surface area contributed by atoms with Gasteiger partial charge in [-0.3, -0.25) is 0 Å². The summed E-state index contributed by atoms with van der Waals surface area (Å²) in [5.41, 5.74) is 7.38. The summed E-state index contributed by atoms with van der Waals surface area (Å²) in [7, 11) is 0. The fourth-order valence-electron chi connectivity index (χ4n) is 2.11. The van der Waals surface area contributed by atoms with Crippen LogP contribution in [0.15, 0.2) is 6.33 Å². The normalized spacial score (nSPS) is 15.7. The fraction of sp³-hybridized carbons (Fsp3) is 0.400. The van der Waals surface area contributed by atoms with Crippen molar-refractivity contribution in [2.75, 3.05) is 5.73 Å². The van der Waals surface area contributed by atoms with Crippen LogP contribution in [0.3, 0.4) is 0 Å². The van der Waals surface area contributed by atoms with E-state index >= 15 is 0 Å². The summed E-state index contributed by atoms with van der Waals surface area (Å²) in [5, 5.41) is 1.18. The number of hydrogen-bond acceptors (Lipinski definition) is 3. The molecule has 2 N–H and O–H groups in total. The van der Waals surface area contributed by atoms with Crippen molar-refractivity contribution < 1.29 is 0 Å². The van der Waals surface area contributed by atoms with Gasteiger partial charge in [-0.05, 0) is 0 Å². The van der Waals surface area contributed by atoms with Crippen LogP contribution in [0.4, 0.5) is 5.82 Å². The molecule has 0 spiro atoms. The summed E-state index contributed by atoms with van der Waals surface area (Å²) in [6, 6.07) is 0. The Morgan fingerprint density at radius 3 is 3.00 bits per heavy atom. The van der Waals surface area contributed by atoms with E-state index in [9.17, 15) is 0 Å². The van der Waals surface area contributed by atoms with Crippen molar-refractivity contribution in [2.45, 2.75) is 25.7 Å². The monoisotopic (exact) mass is 253 g/mol. The molecule has 0 saturated carbocycles. The van der Waals surface area contributed by atoms with Crippen molar-refractivity contribution >= 4 is 30.1 Å². The Bertz CT molecular complexity index is 489. The molecule has 0 bridgehead atoms. The van der Waals surface area contributed by atoms with Crippen LogP contribution in [0, 0.1) is 0 Å². The van der Waals surface area contributed by atoms with E-state index in [1.807, 2.05) is 0 Å². The molecule has 0 fully saturated rings. The van der Waals surface area contributed by atoms with Crippen molar-refractivity contribution in [3.63, 3.8) is 0 Å². The van der Waals surface area contributed by atoms with Gasteiger partial charge in [-0.2, -0.15) is 0 Å². The first-order chi connectivity index (χ1) is 6.86. The molecule has 2 aromatic rings. The molecule has 2 aromatic heterocycles. The van der Waals surface area contributed by atoms with Gasteiger partial charge in [0, 0.05) is 0 Å². The van der Waals surface area contributed by atoms with Gasteiger partial charge < -0.3 is 0 Å². The molecule has 4 heteroatoms. The van der Waals surface area contributed by atoms with Crippen LogP contribution in [0.5, 0.6) is 0 Å². The van der Waals surface area contributed by atoms with Crippen LogP contribution in [0.25, 0.3) is 9.78 Å². The first-order valence-electron chi connectivity index (χ1n) is 4.87. The Morgan fingerprint density at radius 2 is 2.07 bits per heavy atom. The first-order valence-corrected chi connectivity index (χ1v) is 6.58. The molecule has 1 aliphatic carbocycles. The number of nitrogens with zero attached hydrogens (tertiary/aromatic N) is 2. The molecule has 0 aromatic carbocycles. The molecule has 0 radical (unpaired) electrons. The third-order valence-corrected chi connectivity index (χ3v) is 5.30. The molecule has 2 heterocycles. The van der Waals surface area contributed by atoms with E-state index in [2.05, 4.69) is 9.97 Å². The van der Waals surface area contributed by atoms with Gasteiger partial charge in [0.25, 0.3) is 0 Å². The van der Waals surface area contributed by atoms with Crippen molar-refractivity contribution in [1.82, 2.24) is 9.97 Å². The van der Waals surface area contributed by atoms with Gasteiger partial charge in [-0.1, -0.05) is 0 Å². The van der Waals surface area contributed by atoms with Crippen molar-refractivity contribution in [3.05, 3.63) is 16.3 Å². The van der Waals surface area contributed by atoms with E-state index in [1.165, 1.54) is 41.0 Å². The summed E-state index contributed by atoms with van der Waals surface area (Å²) < 4.78 is 2.82. The van der Waals surface area contributed by atoms with Gasteiger partial charge in [-0.15, -0.1) is 0 Å². The van der Waals surface area contributed by atoms with E-state index in [0.717, 1.165) is 0 Å². The number of rotatable bonds is 0. The molecule has 3 nitrogen and oxygen atoms in total. The molecule has 0 amide bonds. The van der Waals surface area contributed by atoms with Crippen LogP contribution in [-0.2, 0) is 12.8 Å². The van der Waals surface area contributed by atoms with Crippen LogP contribution in [-0.4, -0.2) is 24.5 Å². The quantitative estimate of drug-likeness (QED) is 0.715. The number of hydrogen-bond donors (Lipinski definition) is 1. The van der Waals surface area contributed by atoms with Gasteiger partial charge in [0.2, 0.25) is 0 Å². The maximum absolute atomic E-state index is 5.90. The maximum atomic E-state index is 5.90. The van der Waals surface area contributed by atoms with E-state index in [0.29, 0.717) is 20.3 Å². The van der Waals surface area contributed by atoms with E-state index < -0.39 is 0 Å². The Balaban J connectivity index is 2.38. The molecule has 14 heavy (non-hydrogen) atoms. The van der Waals surface area contributed by atoms with Crippen molar-refractivity contribution in [3.8, 4) is 0 Å². The van der Waals surface area contributed by atoms with Gasteiger partial charge >= 0.3 is 87.8 Å². The number of anilines is 1. The second kappa shape index (κ2) is 3.07. The fourth-order valence-corrected chi connectivity index (χ4v) is 4.71. The summed E-state index contributed by atoms with van der Waals surface area (Å²) >= 11 is 0.433. The molecule has 3 rings (SSSR count).